The Labute approximate surface area is 181 Å². The van der Waals surface area contributed by atoms with Gasteiger partial charge in [0.25, 0.3) is 0 Å². The number of carbonyl (C=O) groups is 1. The van der Waals surface area contributed by atoms with E-state index in [4.69, 9.17) is 0 Å². The number of hydrogen-bond donors (Lipinski definition) is 0. The second-order valence-electron chi connectivity index (χ2n) is 9.12. The van der Waals surface area contributed by atoms with Crippen molar-refractivity contribution < 1.29 is 9.18 Å². The fourth-order valence-corrected chi connectivity index (χ4v) is 6.40. The average Bonchev–Trinajstić information content (AvgIpc) is 3.45. The molecule has 0 N–H and O–H groups in total. The lowest BCUT2D eigenvalue weighted by Gasteiger charge is -2.44. The molecule has 5 nitrogen and oxygen atoms in total. The van der Waals surface area contributed by atoms with Crippen LogP contribution in [0.5, 0.6) is 0 Å². The molecule has 2 saturated heterocycles. The molecule has 4 atom stereocenters. The minimum atomic E-state index is -0.233. The van der Waals surface area contributed by atoms with Crippen molar-refractivity contribution in [1.82, 2.24) is 19.4 Å². The monoisotopic (exact) mass is 428 g/mol. The Hall–Kier alpha value is -1.86. The Bertz CT molecular complexity index is 857. The highest BCUT2D eigenvalue weighted by Crippen LogP contribution is 2.40. The first-order valence-corrected chi connectivity index (χ1v) is 12.1. The van der Waals surface area contributed by atoms with Crippen LogP contribution in [0.4, 0.5) is 4.39 Å². The van der Waals surface area contributed by atoms with E-state index in [0.29, 0.717) is 25.7 Å². The normalized spacial score (nSPS) is 29.7. The molecule has 7 heteroatoms. The van der Waals surface area contributed by atoms with E-state index in [9.17, 15) is 9.18 Å². The third kappa shape index (κ3) is 4.02. The molecule has 1 aliphatic carbocycles. The first-order valence-electron chi connectivity index (χ1n) is 11.2. The Morgan fingerprint density at radius 3 is 2.63 bits per heavy atom. The van der Waals surface area contributed by atoms with Crippen LogP contribution in [0.1, 0.15) is 61.6 Å². The minimum Gasteiger partial charge on any atom is -0.340 e. The summed E-state index contributed by atoms with van der Waals surface area (Å²) in [7, 11) is 0. The zero-order valence-corrected chi connectivity index (χ0v) is 18.1. The van der Waals surface area contributed by atoms with E-state index in [0.717, 1.165) is 23.7 Å². The molecule has 2 aromatic rings. The van der Waals surface area contributed by atoms with Crippen LogP contribution in [0.2, 0.25) is 0 Å². The van der Waals surface area contributed by atoms with Crippen LogP contribution in [0.25, 0.3) is 0 Å². The number of rotatable bonds is 4. The van der Waals surface area contributed by atoms with E-state index in [1.165, 1.54) is 62.2 Å². The van der Waals surface area contributed by atoms with Crippen molar-refractivity contribution in [2.24, 2.45) is 5.92 Å². The van der Waals surface area contributed by atoms with E-state index in [-0.39, 0.29) is 23.6 Å². The molecule has 0 spiro atoms. The van der Waals surface area contributed by atoms with Gasteiger partial charge in [0.15, 0.2) is 0 Å². The number of benzene rings is 1. The minimum absolute atomic E-state index is 0.113. The highest BCUT2D eigenvalue weighted by atomic mass is 32.1. The lowest BCUT2D eigenvalue weighted by Crippen LogP contribution is -2.50. The summed E-state index contributed by atoms with van der Waals surface area (Å²) >= 11 is 1.34. The molecule has 0 bridgehead atoms. The standard InChI is InChI=1S/C23H29FN4OS/c24-18-9-7-16(8-10-18)19-12-28(13-20(19)21-15-30-26-25-21)23(29)14-27-11-3-5-17-4-1-2-6-22(17)27/h7-10,15,17,19-20,22H,1-6,11-14H2/t17?,19-,20+,22?/m0/s1. The molecule has 3 fully saturated rings. The maximum absolute atomic E-state index is 13.5. The zero-order chi connectivity index (χ0) is 20.5. The van der Waals surface area contributed by atoms with E-state index in [1.807, 2.05) is 22.4 Å². The van der Waals surface area contributed by atoms with Gasteiger partial charge in [-0.15, -0.1) is 5.10 Å². The summed E-state index contributed by atoms with van der Waals surface area (Å²) in [5.41, 5.74) is 2.00. The molecule has 160 valence electrons. The maximum Gasteiger partial charge on any atom is 0.236 e. The molecule has 2 aliphatic heterocycles. The molecule has 3 aliphatic rings. The summed E-state index contributed by atoms with van der Waals surface area (Å²) < 4.78 is 17.5. The number of aromatic nitrogens is 2. The number of likely N-dealkylation sites (tertiary alicyclic amines) is 2. The summed E-state index contributed by atoms with van der Waals surface area (Å²) in [5.74, 6) is 1.01. The smallest absolute Gasteiger partial charge is 0.236 e. The van der Waals surface area contributed by atoms with Gasteiger partial charge in [0.2, 0.25) is 5.91 Å². The predicted octanol–water partition coefficient (Wildman–Crippen LogP) is 4.04. The second-order valence-corrected chi connectivity index (χ2v) is 9.73. The van der Waals surface area contributed by atoms with Crippen molar-refractivity contribution in [3.05, 3.63) is 46.7 Å². The van der Waals surface area contributed by atoms with Gasteiger partial charge in [-0.25, -0.2) is 4.39 Å². The fraction of sp³-hybridized carbons (Fsp3) is 0.609. The predicted molar refractivity (Wildman–Crippen MR) is 115 cm³/mol. The van der Waals surface area contributed by atoms with Gasteiger partial charge in [-0.1, -0.05) is 29.5 Å². The number of fused-ring (bicyclic) bond motifs is 1. The van der Waals surface area contributed by atoms with Crippen LogP contribution in [0.15, 0.2) is 29.6 Å². The number of hydrogen-bond acceptors (Lipinski definition) is 5. The summed E-state index contributed by atoms with van der Waals surface area (Å²) in [6.07, 6.45) is 7.73. The third-order valence-electron chi connectivity index (χ3n) is 7.42. The molecule has 5 rings (SSSR count). The third-order valence-corrected chi connectivity index (χ3v) is 7.95. The molecular formula is C23H29FN4OS. The molecule has 1 saturated carbocycles. The molecule has 0 radical (unpaired) electrons. The second kappa shape index (κ2) is 8.71. The van der Waals surface area contributed by atoms with Gasteiger partial charge in [0.05, 0.1) is 12.2 Å². The molecule has 1 aromatic heterocycles. The fourth-order valence-electron chi connectivity index (χ4n) is 5.89. The Balaban J connectivity index is 1.32. The van der Waals surface area contributed by atoms with Gasteiger partial charge in [-0.05, 0) is 67.4 Å². The van der Waals surface area contributed by atoms with Gasteiger partial charge in [-0.3, -0.25) is 9.69 Å². The van der Waals surface area contributed by atoms with Crippen molar-refractivity contribution in [3.63, 3.8) is 0 Å². The van der Waals surface area contributed by atoms with Crippen molar-refractivity contribution in [2.45, 2.75) is 56.4 Å². The highest BCUT2D eigenvalue weighted by molar-refractivity contribution is 7.03. The van der Waals surface area contributed by atoms with E-state index >= 15 is 0 Å². The SMILES string of the molecule is O=C(CN1CCCC2CCCCC21)N1C[C@@H](c2ccc(F)cc2)[C@H](c2csnn2)C1. The molecule has 2 unspecified atom stereocenters. The number of carbonyl (C=O) groups excluding carboxylic acids is 1. The average molecular weight is 429 g/mol. The summed E-state index contributed by atoms with van der Waals surface area (Å²) in [5, 5.41) is 6.28. The lowest BCUT2D eigenvalue weighted by molar-refractivity contribution is -0.133. The highest BCUT2D eigenvalue weighted by Gasteiger charge is 2.40. The molecule has 3 heterocycles. The summed E-state index contributed by atoms with van der Waals surface area (Å²) in [6.45, 7) is 2.89. The quantitative estimate of drug-likeness (QED) is 0.737. The summed E-state index contributed by atoms with van der Waals surface area (Å²) in [4.78, 5) is 17.8. The van der Waals surface area contributed by atoms with Crippen molar-refractivity contribution in [1.29, 1.82) is 0 Å². The van der Waals surface area contributed by atoms with E-state index < -0.39 is 0 Å². The van der Waals surface area contributed by atoms with Crippen LogP contribution < -0.4 is 0 Å². The lowest BCUT2D eigenvalue weighted by atomic mass is 9.78. The number of halogens is 1. The van der Waals surface area contributed by atoms with Crippen LogP contribution in [-0.4, -0.2) is 57.5 Å². The molecule has 30 heavy (non-hydrogen) atoms. The van der Waals surface area contributed by atoms with Gasteiger partial charge >= 0.3 is 0 Å². The van der Waals surface area contributed by atoms with E-state index in [2.05, 4.69) is 14.5 Å². The zero-order valence-electron chi connectivity index (χ0n) is 17.3. The van der Waals surface area contributed by atoms with Crippen LogP contribution in [0, 0.1) is 11.7 Å². The van der Waals surface area contributed by atoms with Crippen molar-refractivity contribution >= 4 is 17.4 Å². The number of amides is 1. The largest absolute Gasteiger partial charge is 0.340 e. The molecular weight excluding hydrogens is 399 g/mol. The maximum atomic E-state index is 13.5. The van der Waals surface area contributed by atoms with Crippen molar-refractivity contribution in [2.75, 3.05) is 26.2 Å². The van der Waals surface area contributed by atoms with Gasteiger partial charge < -0.3 is 4.90 Å². The Kier molecular flexibility index (Phi) is 5.83. The molecule has 1 aromatic carbocycles. The number of piperidine rings is 1. The Morgan fingerprint density at radius 2 is 1.83 bits per heavy atom. The van der Waals surface area contributed by atoms with Gasteiger partial charge in [-0.2, -0.15) is 0 Å². The van der Waals surface area contributed by atoms with Gasteiger partial charge in [0, 0.05) is 36.3 Å². The van der Waals surface area contributed by atoms with Gasteiger partial charge in [0.1, 0.15) is 5.82 Å². The summed E-state index contributed by atoms with van der Waals surface area (Å²) in [6, 6.07) is 7.29. The Morgan fingerprint density at radius 1 is 1.07 bits per heavy atom. The van der Waals surface area contributed by atoms with Crippen LogP contribution >= 0.6 is 11.5 Å². The van der Waals surface area contributed by atoms with Crippen LogP contribution in [-0.2, 0) is 4.79 Å². The first-order chi connectivity index (χ1) is 14.7. The number of nitrogens with zero attached hydrogens (tertiary/aromatic N) is 4. The van der Waals surface area contributed by atoms with Crippen molar-refractivity contribution in [3.8, 4) is 0 Å². The van der Waals surface area contributed by atoms with E-state index in [1.54, 1.807) is 0 Å². The van der Waals surface area contributed by atoms with Crippen LogP contribution in [0.3, 0.4) is 0 Å². The first kappa shape index (κ1) is 20.1. The molecule has 1 amide bonds. The topological polar surface area (TPSA) is 49.3 Å².